The molecule has 1 aromatic heterocycles. The van der Waals surface area contributed by atoms with Crippen molar-refractivity contribution in [3.05, 3.63) is 34.4 Å². The Labute approximate surface area is 132 Å². The third kappa shape index (κ3) is 2.81. The number of aromatic nitrogens is 2. The average molecular weight is 314 g/mol. The van der Waals surface area contributed by atoms with Gasteiger partial charge in [-0.3, -0.25) is 24.3 Å². The van der Waals surface area contributed by atoms with Gasteiger partial charge in [0.05, 0.1) is 10.9 Å². The van der Waals surface area contributed by atoms with E-state index in [1.54, 1.807) is 29.7 Å². The van der Waals surface area contributed by atoms with E-state index < -0.39 is 0 Å². The maximum Gasteiger partial charge on any atom is 0.263 e. The van der Waals surface area contributed by atoms with E-state index in [-0.39, 0.29) is 23.3 Å². The van der Waals surface area contributed by atoms with E-state index in [1.165, 1.54) is 0 Å². The Morgan fingerprint density at radius 3 is 2.87 bits per heavy atom. The van der Waals surface area contributed by atoms with E-state index in [2.05, 4.69) is 10.3 Å². The Bertz CT molecular complexity index is 856. The molecular weight excluding hydrogens is 296 g/mol. The summed E-state index contributed by atoms with van der Waals surface area (Å²) >= 11 is 0. The summed E-state index contributed by atoms with van der Waals surface area (Å²) < 4.78 is 1.54. The van der Waals surface area contributed by atoms with Crippen molar-refractivity contribution in [3.8, 4) is 0 Å². The molecule has 1 aromatic carbocycles. The molecule has 3 N–H and O–H groups in total. The van der Waals surface area contributed by atoms with E-state index >= 15 is 0 Å². The second-order valence-corrected chi connectivity index (χ2v) is 5.79. The molecule has 0 aliphatic carbocycles. The number of rotatable bonds is 3. The Morgan fingerprint density at radius 2 is 2.13 bits per heavy atom. The molecule has 23 heavy (non-hydrogen) atoms. The number of carbonyl (C=O) groups excluding carboxylic acids is 2. The monoisotopic (exact) mass is 314 g/mol. The highest BCUT2D eigenvalue weighted by Gasteiger charge is 2.26. The van der Waals surface area contributed by atoms with E-state index in [0.717, 1.165) is 0 Å². The molecule has 2 aromatic rings. The summed E-state index contributed by atoms with van der Waals surface area (Å²) in [5.74, 6) is -0.178. The number of nitrogen functional groups attached to an aromatic ring is 1. The van der Waals surface area contributed by atoms with Crippen LogP contribution >= 0.6 is 0 Å². The number of nitrogens with one attached hydrogen (secondary N) is 1. The summed E-state index contributed by atoms with van der Waals surface area (Å²) in [5, 5.41) is 2.74. The first-order valence-corrected chi connectivity index (χ1v) is 7.56. The van der Waals surface area contributed by atoms with E-state index in [1.807, 2.05) is 0 Å². The normalized spacial score (nSPS) is 18.2. The maximum atomic E-state index is 12.7. The topological polar surface area (TPSA) is 107 Å². The number of hydrogen-bond acceptors (Lipinski definition) is 5. The van der Waals surface area contributed by atoms with E-state index in [9.17, 15) is 14.4 Å². The second kappa shape index (κ2) is 5.83. The van der Waals surface area contributed by atoms with Crippen LogP contribution in [0.3, 0.4) is 0 Å². The summed E-state index contributed by atoms with van der Waals surface area (Å²) in [4.78, 5) is 40.1. The molecule has 1 fully saturated rings. The summed E-state index contributed by atoms with van der Waals surface area (Å²) in [5.41, 5.74) is 6.67. The van der Waals surface area contributed by atoms with Crippen LogP contribution in [-0.2, 0) is 16.1 Å². The van der Waals surface area contributed by atoms with Crippen LogP contribution in [0.5, 0.6) is 0 Å². The van der Waals surface area contributed by atoms with Gasteiger partial charge in [-0.05, 0) is 31.9 Å². The van der Waals surface area contributed by atoms with Gasteiger partial charge in [-0.25, -0.2) is 4.98 Å². The predicted molar refractivity (Wildman–Crippen MR) is 85.6 cm³/mol. The highest BCUT2D eigenvalue weighted by Crippen LogP contribution is 2.19. The Balaban J connectivity index is 1.89. The van der Waals surface area contributed by atoms with Crippen LogP contribution in [0.25, 0.3) is 10.9 Å². The molecule has 0 saturated carbocycles. The van der Waals surface area contributed by atoms with Gasteiger partial charge in [-0.15, -0.1) is 0 Å². The molecule has 2 amide bonds. The third-order valence-corrected chi connectivity index (χ3v) is 4.26. The lowest BCUT2D eigenvalue weighted by atomic mass is 9.95. The van der Waals surface area contributed by atoms with Crippen molar-refractivity contribution in [3.63, 3.8) is 0 Å². The van der Waals surface area contributed by atoms with Crippen molar-refractivity contribution in [1.82, 2.24) is 14.9 Å². The summed E-state index contributed by atoms with van der Waals surface area (Å²) in [6, 6.07) is 5.19. The summed E-state index contributed by atoms with van der Waals surface area (Å²) in [7, 11) is 0. The fourth-order valence-electron chi connectivity index (χ4n) is 2.96. The molecule has 1 atom stereocenters. The number of nitrogens with two attached hydrogens (primary N) is 1. The lowest BCUT2D eigenvalue weighted by Crippen LogP contribution is -2.41. The van der Waals surface area contributed by atoms with Gasteiger partial charge < -0.3 is 5.73 Å². The van der Waals surface area contributed by atoms with Crippen LogP contribution in [0.15, 0.2) is 23.0 Å². The fraction of sp³-hybridized carbons (Fsp3) is 0.375. The van der Waals surface area contributed by atoms with Gasteiger partial charge in [0.15, 0.2) is 0 Å². The molecule has 1 aliphatic rings. The predicted octanol–water partition coefficient (Wildman–Crippen LogP) is 0.730. The minimum atomic E-state index is -0.264. The van der Waals surface area contributed by atoms with Gasteiger partial charge >= 0.3 is 0 Å². The van der Waals surface area contributed by atoms with Crippen LogP contribution in [0.2, 0.25) is 0 Å². The molecule has 7 nitrogen and oxygen atoms in total. The molecule has 2 heterocycles. The number of fused-ring (bicyclic) bond motifs is 1. The van der Waals surface area contributed by atoms with Crippen LogP contribution in [-0.4, -0.2) is 21.4 Å². The Morgan fingerprint density at radius 1 is 1.35 bits per heavy atom. The van der Waals surface area contributed by atoms with Gasteiger partial charge in [0, 0.05) is 24.6 Å². The molecule has 0 bridgehead atoms. The molecule has 3 rings (SSSR count). The average Bonchev–Trinajstić information content (AvgIpc) is 2.48. The van der Waals surface area contributed by atoms with E-state index in [4.69, 9.17) is 5.73 Å². The lowest BCUT2D eigenvalue weighted by Gasteiger charge is -2.21. The first kappa shape index (κ1) is 15.2. The summed E-state index contributed by atoms with van der Waals surface area (Å²) in [6.07, 6.45) is 1.34. The minimum Gasteiger partial charge on any atom is -0.398 e. The Kier molecular flexibility index (Phi) is 3.85. The number of amides is 2. The highest BCUT2D eigenvalue weighted by atomic mass is 16.2. The van der Waals surface area contributed by atoms with Gasteiger partial charge in [0.2, 0.25) is 11.8 Å². The number of piperidine rings is 1. The summed E-state index contributed by atoms with van der Waals surface area (Å²) in [6.45, 7) is 2.13. The lowest BCUT2D eigenvalue weighted by molar-refractivity contribution is -0.136. The van der Waals surface area contributed by atoms with Crippen molar-refractivity contribution in [2.75, 3.05) is 5.73 Å². The second-order valence-electron chi connectivity index (χ2n) is 5.79. The van der Waals surface area contributed by atoms with Crippen molar-refractivity contribution < 1.29 is 9.59 Å². The number of aryl methyl sites for hydroxylation is 1. The zero-order valence-corrected chi connectivity index (χ0v) is 12.8. The SMILES string of the molecule is Cc1nc2cccc(N)c2c(=O)n1CCC1CCC(=O)NC1=O. The van der Waals surface area contributed by atoms with Crippen LogP contribution in [0.4, 0.5) is 5.69 Å². The van der Waals surface area contributed by atoms with Crippen LogP contribution < -0.4 is 16.6 Å². The number of anilines is 1. The highest BCUT2D eigenvalue weighted by molar-refractivity contribution is 5.98. The maximum absolute atomic E-state index is 12.7. The molecule has 120 valence electrons. The molecule has 1 saturated heterocycles. The van der Waals surface area contributed by atoms with Gasteiger partial charge in [0.1, 0.15) is 5.82 Å². The third-order valence-electron chi connectivity index (χ3n) is 4.26. The zero-order chi connectivity index (χ0) is 16.6. The molecule has 1 unspecified atom stereocenters. The van der Waals surface area contributed by atoms with Gasteiger partial charge in [0.25, 0.3) is 5.56 Å². The van der Waals surface area contributed by atoms with Gasteiger partial charge in [-0.1, -0.05) is 6.07 Å². The number of carbonyl (C=O) groups is 2. The molecular formula is C16H18N4O3. The smallest absolute Gasteiger partial charge is 0.263 e. The van der Waals surface area contributed by atoms with E-state index in [0.29, 0.717) is 48.2 Å². The van der Waals surface area contributed by atoms with Crippen molar-refractivity contribution >= 4 is 28.4 Å². The van der Waals surface area contributed by atoms with Crippen LogP contribution in [0, 0.1) is 12.8 Å². The number of nitrogens with zero attached hydrogens (tertiary/aromatic N) is 2. The minimum absolute atomic E-state index is 0.196. The molecule has 0 radical (unpaired) electrons. The van der Waals surface area contributed by atoms with Crippen molar-refractivity contribution in [2.45, 2.75) is 32.7 Å². The van der Waals surface area contributed by atoms with Crippen LogP contribution in [0.1, 0.15) is 25.1 Å². The molecule has 0 spiro atoms. The molecule has 7 heteroatoms. The fourth-order valence-corrected chi connectivity index (χ4v) is 2.96. The first-order chi connectivity index (χ1) is 11.0. The zero-order valence-electron chi connectivity index (χ0n) is 12.8. The Hall–Kier alpha value is -2.70. The molecule has 1 aliphatic heterocycles. The quantitative estimate of drug-likeness (QED) is 0.641. The van der Waals surface area contributed by atoms with Gasteiger partial charge in [-0.2, -0.15) is 0 Å². The number of imide groups is 1. The first-order valence-electron chi connectivity index (χ1n) is 7.56. The number of hydrogen-bond donors (Lipinski definition) is 2. The van der Waals surface area contributed by atoms with Crippen molar-refractivity contribution in [2.24, 2.45) is 5.92 Å². The standard InChI is InChI=1S/C16H18N4O3/c1-9-18-12-4-2-3-11(17)14(12)16(23)20(9)8-7-10-5-6-13(21)19-15(10)22/h2-4,10H,5-8,17H2,1H3,(H,19,21,22). The largest absolute Gasteiger partial charge is 0.398 e. The van der Waals surface area contributed by atoms with Crippen molar-refractivity contribution in [1.29, 1.82) is 0 Å². The number of benzene rings is 1.